The van der Waals surface area contributed by atoms with E-state index in [-0.39, 0.29) is 0 Å². The Kier molecular flexibility index (Phi) is 7.06. The molecule has 1 aromatic heterocycles. The van der Waals surface area contributed by atoms with Gasteiger partial charge in [0.1, 0.15) is 0 Å². The summed E-state index contributed by atoms with van der Waals surface area (Å²) in [4.78, 5) is 20.3. The first kappa shape index (κ1) is 17.5. The lowest BCUT2D eigenvalue weighted by atomic mass is 10.3. The van der Waals surface area contributed by atoms with Crippen LogP contribution in [0.3, 0.4) is 0 Å². The second-order valence-corrected chi connectivity index (χ2v) is 5.65. The quantitative estimate of drug-likeness (QED) is 0.609. The number of piperazine rings is 1. The Balaban J connectivity index is 1.88. The van der Waals surface area contributed by atoms with E-state index in [1.807, 2.05) is 6.07 Å². The maximum Gasteiger partial charge on any atom is 0.225 e. The van der Waals surface area contributed by atoms with Gasteiger partial charge in [-0.2, -0.15) is 0 Å². The second-order valence-electron chi connectivity index (χ2n) is 5.65. The topological polar surface area (TPSA) is 59.9 Å². The Morgan fingerprint density at radius 1 is 1.22 bits per heavy atom. The predicted molar refractivity (Wildman–Crippen MR) is 95.0 cm³/mol. The average Bonchev–Trinajstić information content (AvgIpc) is 2.61. The normalized spacial score (nSPS) is 16.1. The summed E-state index contributed by atoms with van der Waals surface area (Å²) in [7, 11) is 2.13. The van der Waals surface area contributed by atoms with Crippen LogP contribution in [0.5, 0.6) is 0 Å². The van der Waals surface area contributed by atoms with Gasteiger partial charge < -0.3 is 20.0 Å². The van der Waals surface area contributed by atoms with Crippen LogP contribution in [0, 0.1) is 0 Å². The lowest BCUT2D eigenvalue weighted by Crippen LogP contribution is -2.53. The molecule has 0 unspecified atom stereocenters. The number of aliphatic imine (C=N–C) groups is 1. The summed E-state index contributed by atoms with van der Waals surface area (Å²) in [6.45, 7) is 11.8. The van der Waals surface area contributed by atoms with Crippen molar-refractivity contribution in [3.8, 4) is 0 Å². The summed E-state index contributed by atoms with van der Waals surface area (Å²) in [6, 6.07) is 1.85. The molecule has 23 heavy (non-hydrogen) atoms. The first-order valence-corrected chi connectivity index (χ1v) is 8.48. The van der Waals surface area contributed by atoms with E-state index in [1.54, 1.807) is 12.4 Å². The van der Waals surface area contributed by atoms with Crippen LogP contribution in [0.25, 0.3) is 0 Å². The summed E-state index contributed by atoms with van der Waals surface area (Å²) in [5.74, 6) is 1.84. The third kappa shape index (κ3) is 5.35. The van der Waals surface area contributed by atoms with E-state index in [2.05, 4.69) is 50.9 Å². The lowest BCUT2D eigenvalue weighted by Gasteiger charge is -2.36. The van der Waals surface area contributed by atoms with Crippen LogP contribution in [0.15, 0.2) is 23.5 Å². The second kappa shape index (κ2) is 9.29. The molecular formula is C16H29N7. The zero-order chi connectivity index (χ0) is 16.5. The molecule has 0 amide bonds. The van der Waals surface area contributed by atoms with Gasteiger partial charge in [-0.3, -0.25) is 4.99 Å². The molecule has 0 bridgehead atoms. The molecule has 0 atom stereocenters. The van der Waals surface area contributed by atoms with E-state index >= 15 is 0 Å². The Morgan fingerprint density at radius 2 is 1.91 bits per heavy atom. The van der Waals surface area contributed by atoms with Crippen molar-refractivity contribution in [2.24, 2.45) is 4.99 Å². The maximum atomic E-state index is 4.76. The highest BCUT2D eigenvalue weighted by Crippen LogP contribution is 2.09. The predicted octanol–water partition coefficient (Wildman–Crippen LogP) is 0.516. The van der Waals surface area contributed by atoms with Crippen molar-refractivity contribution < 1.29 is 0 Å². The standard InChI is InChI=1S/C16H29N7/c1-4-17-15(20-9-10-21(3)5-2)22-11-13-23(14-12-22)16-18-7-6-8-19-16/h6-8H,4-5,9-14H2,1-3H3,(H,17,20). The molecule has 1 aromatic rings. The number of hydrogen-bond acceptors (Lipinski definition) is 5. The highest BCUT2D eigenvalue weighted by molar-refractivity contribution is 5.80. The van der Waals surface area contributed by atoms with Crippen molar-refractivity contribution in [2.45, 2.75) is 13.8 Å². The van der Waals surface area contributed by atoms with Gasteiger partial charge in [-0.15, -0.1) is 0 Å². The Hall–Kier alpha value is -1.89. The van der Waals surface area contributed by atoms with Gasteiger partial charge in [0.05, 0.1) is 6.54 Å². The Morgan fingerprint density at radius 3 is 2.52 bits per heavy atom. The van der Waals surface area contributed by atoms with E-state index in [9.17, 15) is 0 Å². The number of nitrogens with one attached hydrogen (secondary N) is 1. The van der Waals surface area contributed by atoms with Crippen LogP contribution in [0.1, 0.15) is 13.8 Å². The highest BCUT2D eigenvalue weighted by atomic mass is 15.4. The van der Waals surface area contributed by atoms with Crippen LogP contribution >= 0.6 is 0 Å². The molecule has 7 heteroatoms. The monoisotopic (exact) mass is 319 g/mol. The molecule has 1 aliphatic rings. The minimum Gasteiger partial charge on any atom is -0.357 e. The van der Waals surface area contributed by atoms with Crippen molar-refractivity contribution in [3.63, 3.8) is 0 Å². The van der Waals surface area contributed by atoms with Gasteiger partial charge in [-0.25, -0.2) is 9.97 Å². The molecule has 2 rings (SSSR count). The highest BCUT2D eigenvalue weighted by Gasteiger charge is 2.20. The first-order valence-electron chi connectivity index (χ1n) is 8.48. The summed E-state index contributed by atoms with van der Waals surface area (Å²) in [5.41, 5.74) is 0. The van der Waals surface area contributed by atoms with Gasteiger partial charge in [0.15, 0.2) is 5.96 Å². The van der Waals surface area contributed by atoms with Crippen molar-refractivity contribution >= 4 is 11.9 Å². The van der Waals surface area contributed by atoms with Gasteiger partial charge >= 0.3 is 0 Å². The number of hydrogen-bond donors (Lipinski definition) is 1. The SMILES string of the molecule is CCNC(=NCCN(C)CC)N1CCN(c2ncccn2)CC1. The minimum atomic E-state index is 0.818. The maximum absolute atomic E-state index is 4.76. The van der Waals surface area contributed by atoms with Crippen molar-refractivity contribution in [3.05, 3.63) is 18.5 Å². The summed E-state index contributed by atoms with van der Waals surface area (Å²) in [5, 5.41) is 3.41. The molecule has 2 heterocycles. The fourth-order valence-electron chi connectivity index (χ4n) is 2.48. The number of nitrogens with zero attached hydrogens (tertiary/aromatic N) is 6. The van der Waals surface area contributed by atoms with Gasteiger partial charge in [0.25, 0.3) is 0 Å². The molecule has 0 radical (unpaired) electrons. The summed E-state index contributed by atoms with van der Waals surface area (Å²) in [6.07, 6.45) is 3.59. The van der Waals surface area contributed by atoms with E-state index in [0.717, 1.165) is 64.3 Å². The Labute approximate surface area is 139 Å². The number of anilines is 1. The fourth-order valence-corrected chi connectivity index (χ4v) is 2.48. The van der Waals surface area contributed by atoms with Crippen molar-refractivity contribution in [1.29, 1.82) is 0 Å². The molecule has 0 aliphatic carbocycles. The molecule has 1 saturated heterocycles. The van der Waals surface area contributed by atoms with E-state index in [4.69, 9.17) is 4.99 Å². The molecule has 0 aromatic carbocycles. The van der Waals surface area contributed by atoms with Crippen molar-refractivity contribution in [1.82, 2.24) is 25.1 Å². The minimum absolute atomic E-state index is 0.818. The molecule has 1 aliphatic heterocycles. The number of guanidine groups is 1. The fraction of sp³-hybridized carbons (Fsp3) is 0.688. The van der Waals surface area contributed by atoms with Gasteiger partial charge in [-0.1, -0.05) is 6.92 Å². The van der Waals surface area contributed by atoms with Crippen LogP contribution in [0.4, 0.5) is 5.95 Å². The van der Waals surface area contributed by atoms with Gasteiger partial charge in [-0.05, 0) is 26.6 Å². The molecular weight excluding hydrogens is 290 g/mol. The summed E-state index contributed by atoms with van der Waals surface area (Å²) < 4.78 is 0. The largest absolute Gasteiger partial charge is 0.357 e. The number of likely N-dealkylation sites (N-methyl/N-ethyl adjacent to an activating group) is 1. The third-order valence-corrected chi connectivity index (χ3v) is 4.03. The molecule has 1 fully saturated rings. The molecule has 7 nitrogen and oxygen atoms in total. The zero-order valence-corrected chi connectivity index (χ0v) is 14.6. The first-order chi connectivity index (χ1) is 11.2. The van der Waals surface area contributed by atoms with Gasteiger partial charge in [0.2, 0.25) is 5.95 Å². The third-order valence-electron chi connectivity index (χ3n) is 4.03. The molecule has 0 saturated carbocycles. The van der Waals surface area contributed by atoms with E-state index in [0.29, 0.717) is 0 Å². The number of aromatic nitrogens is 2. The van der Waals surface area contributed by atoms with Crippen LogP contribution < -0.4 is 10.2 Å². The molecule has 0 spiro atoms. The molecule has 1 N–H and O–H groups in total. The zero-order valence-electron chi connectivity index (χ0n) is 14.6. The lowest BCUT2D eigenvalue weighted by molar-refractivity contribution is 0.354. The van der Waals surface area contributed by atoms with Crippen LogP contribution in [0.2, 0.25) is 0 Å². The van der Waals surface area contributed by atoms with Crippen molar-refractivity contribution in [2.75, 3.05) is 64.3 Å². The smallest absolute Gasteiger partial charge is 0.225 e. The Bertz CT molecular complexity index is 469. The van der Waals surface area contributed by atoms with Crippen LogP contribution in [-0.4, -0.2) is 85.1 Å². The van der Waals surface area contributed by atoms with Gasteiger partial charge in [0, 0.05) is 51.7 Å². The molecule has 128 valence electrons. The number of rotatable bonds is 6. The average molecular weight is 319 g/mol. The summed E-state index contributed by atoms with van der Waals surface area (Å²) >= 11 is 0. The van der Waals surface area contributed by atoms with Crippen LogP contribution in [-0.2, 0) is 0 Å². The van der Waals surface area contributed by atoms with E-state index < -0.39 is 0 Å². The van der Waals surface area contributed by atoms with E-state index in [1.165, 1.54) is 0 Å².